The second-order valence-electron chi connectivity index (χ2n) is 4.02. The smallest absolute Gasteiger partial charge is 0.248 e. The predicted molar refractivity (Wildman–Crippen MR) is 78.7 cm³/mol. The van der Waals surface area contributed by atoms with E-state index in [9.17, 15) is 4.79 Å². The molecule has 0 aliphatic rings. The van der Waals surface area contributed by atoms with Crippen molar-refractivity contribution in [3.63, 3.8) is 0 Å². The summed E-state index contributed by atoms with van der Waals surface area (Å²) in [7, 11) is 0. The van der Waals surface area contributed by atoms with E-state index in [4.69, 9.17) is 28.9 Å². The van der Waals surface area contributed by atoms with Gasteiger partial charge in [-0.15, -0.1) is 0 Å². The molecular weight excluding hydrogens is 283 g/mol. The zero-order valence-electron chi connectivity index (χ0n) is 9.99. The number of amides is 1. The number of carbonyl (C=O) groups excluding carboxylic acids is 1. The number of nitrogens with one attached hydrogen (secondary N) is 1. The molecule has 0 fully saturated rings. The van der Waals surface area contributed by atoms with Gasteiger partial charge in [0.15, 0.2) is 0 Å². The van der Waals surface area contributed by atoms with Crippen molar-refractivity contribution in [2.24, 2.45) is 5.73 Å². The Morgan fingerprint density at radius 3 is 2.42 bits per heavy atom. The van der Waals surface area contributed by atoms with Gasteiger partial charge in [-0.2, -0.15) is 0 Å². The molecule has 98 valence electrons. The summed E-state index contributed by atoms with van der Waals surface area (Å²) in [4.78, 5) is 10.9. The van der Waals surface area contributed by atoms with Gasteiger partial charge in [0.2, 0.25) is 5.91 Å². The highest BCUT2D eigenvalue weighted by atomic mass is 35.5. The van der Waals surface area contributed by atoms with E-state index in [-0.39, 0.29) is 0 Å². The lowest BCUT2D eigenvalue weighted by atomic mass is 10.1. The minimum Gasteiger partial charge on any atom is -0.380 e. The van der Waals surface area contributed by atoms with Gasteiger partial charge in [0.25, 0.3) is 0 Å². The van der Waals surface area contributed by atoms with Crippen LogP contribution < -0.4 is 11.1 Å². The quantitative estimate of drug-likeness (QED) is 0.903. The molecule has 0 aliphatic carbocycles. The highest BCUT2D eigenvalue weighted by Crippen LogP contribution is 2.29. The van der Waals surface area contributed by atoms with Crippen molar-refractivity contribution < 1.29 is 4.79 Å². The molecule has 0 unspecified atom stereocenters. The van der Waals surface area contributed by atoms with Gasteiger partial charge in [-0.3, -0.25) is 4.79 Å². The summed E-state index contributed by atoms with van der Waals surface area (Å²) in [5.74, 6) is -0.433. The van der Waals surface area contributed by atoms with E-state index < -0.39 is 5.91 Å². The van der Waals surface area contributed by atoms with E-state index in [0.29, 0.717) is 22.2 Å². The number of rotatable bonds is 4. The topological polar surface area (TPSA) is 55.1 Å². The monoisotopic (exact) mass is 294 g/mol. The fourth-order valence-electron chi connectivity index (χ4n) is 1.62. The maximum Gasteiger partial charge on any atom is 0.248 e. The van der Waals surface area contributed by atoms with E-state index in [1.54, 1.807) is 18.2 Å². The normalized spacial score (nSPS) is 10.2. The van der Waals surface area contributed by atoms with Crippen molar-refractivity contribution in [3.05, 3.63) is 63.6 Å². The Morgan fingerprint density at radius 1 is 1.11 bits per heavy atom. The van der Waals surface area contributed by atoms with Crippen LogP contribution in [0.25, 0.3) is 0 Å². The Labute approximate surface area is 121 Å². The Kier molecular flexibility index (Phi) is 4.30. The summed E-state index contributed by atoms with van der Waals surface area (Å²) in [6, 6.07) is 12.5. The Morgan fingerprint density at radius 2 is 1.79 bits per heavy atom. The fourth-order valence-corrected chi connectivity index (χ4v) is 1.99. The molecular formula is C14H12Cl2N2O. The number of nitrogens with two attached hydrogens (primary N) is 1. The molecule has 2 aromatic rings. The van der Waals surface area contributed by atoms with E-state index in [2.05, 4.69) is 5.32 Å². The molecule has 2 rings (SSSR count). The lowest BCUT2D eigenvalue weighted by Crippen LogP contribution is -2.10. The van der Waals surface area contributed by atoms with Gasteiger partial charge in [0.05, 0.1) is 15.7 Å². The van der Waals surface area contributed by atoms with Crippen molar-refractivity contribution in [2.75, 3.05) is 5.32 Å². The minimum atomic E-state index is -0.433. The molecule has 0 saturated carbocycles. The maximum absolute atomic E-state index is 10.9. The molecule has 19 heavy (non-hydrogen) atoms. The Hall–Kier alpha value is -1.71. The van der Waals surface area contributed by atoms with Crippen LogP contribution in [-0.2, 0) is 6.54 Å². The summed E-state index contributed by atoms with van der Waals surface area (Å²) in [5, 5.41) is 4.19. The number of hydrogen-bond acceptors (Lipinski definition) is 2. The van der Waals surface area contributed by atoms with Crippen LogP contribution in [0.3, 0.4) is 0 Å². The molecule has 2 aromatic carbocycles. The molecule has 0 aromatic heterocycles. The van der Waals surface area contributed by atoms with Crippen molar-refractivity contribution in [2.45, 2.75) is 6.54 Å². The van der Waals surface area contributed by atoms with Gasteiger partial charge in [-0.25, -0.2) is 0 Å². The number of halogens is 2. The second-order valence-corrected chi connectivity index (χ2v) is 4.80. The van der Waals surface area contributed by atoms with Crippen molar-refractivity contribution in [1.29, 1.82) is 0 Å². The highest BCUT2D eigenvalue weighted by molar-refractivity contribution is 6.43. The first-order chi connectivity index (χ1) is 9.08. The fraction of sp³-hybridized carbons (Fsp3) is 0.0714. The van der Waals surface area contributed by atoms with Gasteiger partial charge in [-0.1, -0.05) is 41.4 Å². The van der Waals surface area contributed by atoms with Gasteiger partial charge in [0.1, 0.15) is 0 Å². The molecule has 5 heteroatoms. The van der Waals surface area contributed by atoms with E-state index >= 15 is 0 Å². The SMILES string of the molecule is NC(=O)c1ccc(CNc2cccc(Cl)c2Cl)cc1. The van der Waals surface area contributed by atoms with Crippen LogP contribution >= 0.6 is 23.2 Å². The van der Waals surface area contributed by atoms with Crippen molar-refractivity contribution in [3.8, 4) is 0 Å². The third kappa shape index (κ3) is 3.40. The van der Waals surface area contributed by atoms with Crippen molar-refractivity contribution >= 4 is 34.8 Å². The standard InChI is InChI=1S/C14H12Cl2N2O/c15-11-2-1-3-12(13(11)16)18-8-9-4-6-10(7-5-9)14(17)19/h1-7,18H,8H2,(H2,17,19). The van der Waals surface area contributed by atoms with E-state index in [1.165, 1.54) is 0 Å². The van der Waals surface area contributed by atoms with Crippen LogP contribution in [-0.4, -0.2) is 5.91 Å². The van der Waals surface area contributed by atoms with Gasteiger partial charge in [-0.05, 0) is 29.8 Å². The first-order valence-electron chi connectivity index (χ1n) is 5.64. The number of anilines is 1. The number of benzene rings is 2. The summed E-state index contributed by atoms with van der Waals surface area (Å²) >= 11 is 12.0. The molecule has 0 saturated heterocycles. The van der Waals surface area contributed by atoms with Crippen LogP contribution in [0, 0.1) is 0 Å². The number of hydrogen-bond donors (Lipinski definition) is 2. The summed E-state index contributed by atoms with van der Waals surface area (Å²) in [6.07, 6.45) is 0. The molecule has 0 atom stereocenters. The van der Waals surface area contributed by atoms with E-state index in [1.807, 2.05) is 24.3 Å². The highest BCUT2D eigenvalue weighted by Gasteiger charge is 2.04. The minimum absolute atomic E-state index is 0.433. The summed E-state index contributed by atoms with van der Waals surface area (Å²) < 4.78 is 0. The number of primary amides is 1. The molecule has 3 N–H and O–H groups in total. The largest absolute Gasteiger partial charge is 0.380 e. The van der Waals surface area contributed by atoms with Gasteiger partial charge < -0.3 is 11.1 Å². The first kappa shape index (κ1) is 13.7. The van der Waals surface area contributed by atoms with Crippen LogP contribution in [0.5, 0.6) is 0 Å². The van der Waals surface area contributed by atoms with E-state index in [0.717, 1.165) is 11.3 Å². The van der Waals surface area contributed by atoms with Gasteiger partial charge >= 0.3 is 0 Å². The Bertz CT molecular complexity index is 597. The molecule has 0 heterocycles. The lowest BCUT2D eigenvalue weighted by molar-refractivity contribution is 0.100. The van der Waals surface area contributed by atoms with Crippen LogP contribution in [0.1, 0.15) is 15.9 Å². The van der Waals surface area contributed by atoms with Crippen molar-refractivity contribution in [1.82, 2.24) is 0 Å². The van der Waals surface area contributed by atoms with Crippen LogP contribution in [0.2, 0.25) is 10.0 Å². The zero-order chi connectivity index (χ0) is 13.8. The Balaban J connectivity index is 2.06. The zero-order valence-corrected chi connectivity index (χ0v) is 11.5. The number of carbonyl (C=O) groups is 1. The van der Waals surface area contributed by atoms with Crippen LogP contribution in [0.15, 0.2) is 42.5 Å². The first-order valence-corrected chi connectivity index (χ1v) is 6.40. The average Bonchev–Trinajstić information content (AvgIpc) is 2.41. The summed E-state index contributed by atoms with van der Waals surface area (Å²) in [6.45, 7) is 0.582. The third-order valence-corrected chi connectivity index (χ3v) is 3.49. The second kappa shape index (κ2) is 5.95. The molecule has 0 bridgehead atoms. The third-order valence-electron chi connectivity index (χ3n) is 2.67. The maximum atomic E-state index is 10.9. The molecule has 1 amide bonds. The predicted octanol–water partition coefficient (Wildman–Crippen LogP) is 3.70. The molecule has 0 spiro atoms. The lowest BCUT2D eigenvalue weighted by Gasteiger charge is -2.09. The average molecular weight is 295 g/mol. The summed E-state index contributed by atoms with van der Waals surface area (Å²) in [5.41, 5.74) is 7.46. The molecule has 0 aliphatic heterocycles. The molecule has 3 nitrogen and oxygen atoms in total. The molecule has 0 radical (unpaired) electrons. The van der Waals surface area contributed by atoms with Gasteiger partial charge in [0, 0.05) is 12.1 Å². The van der Waals surface area contributed by atoms with Crippen LogP contribution in [0.4, 0.5) is 5.69 Å².